The van der Waals surface area contributed by atoms with Crippen molar-refractivity contribution in [3.63, 3.8) is 0 Å². The van der Waals surface area contributed by atoms with Crippen molar-refractivity contribution in [1.29, 1.82) is 0 Å². The maximum absolute atomic E-state index is 11.7. The highest BCUT2D eigenvalue weighted by molar-refractivity contribution is 7.91. The zero-order valence-electron chi connectivity index (χ0n) is 14.2. The molecule has 2 rings (SSSR count). The number of hydrogen-bond donors (Lipinski definition) is 1. The molecule has 0 aliphatic heterocycles. The van der Waals surface area contributed by atoms with Gasteiger partial charge in [-0.1, -0.05) is 48.3 Å². The second-order valence-corrected chi connectivity index (χ2v) is 8.32. The minimum absolute atomic E-state index is 0.0905. The van der Waals surface area contributed by atoms with Gasteiger partial charge in [0.05, 0.1) is 20.7 Å². The molecule has 0 aliphatic rings. The van der Waals surface area contributed by atoms with Gasteiger partial charge in [-0.15, -0.1) is 0 Å². The number of sulfone groups is 1. The van der Waals surface area contributed by atoms with E-state index >= 15 is 0 Å². The number of carbonyl (C=O) groups excluding carboxylic acids is 1. The molecule has 0 fully saturated rings. The minimum Gasteiger partial charge on any atom is -0.505 e. The Morgan fingerprint density at radius 1 is 1.12 bits per heavy atom. The van der Waals surface area contributed by atoms with Gasteiger partial charge >= 0.3 is 0 Å². The van der Waals surface area contributed by atoms with Crippen LogP contribution in [-0.2, 0) is 9.84 Å². The Hall–Kier alpha value is -1.56. The highest BCUT2D eigenvalue weighted by Crippen LogP contribution is 2.32. The molecule has 0 spiro atoms. The normalized spacial score (nSPS) is 10.8. The van der Waals surface area contributed by atoms with E-state index in [1.807, 2.05) is 26.0 Å². The molecule has 7 heteroatoms. The first-order chi connectivity index (χ1) is 11.6. The van der Waals surface area contributed by atoms with Crippen LogP contribution >= 0.6 is 23.2 Å². The van der Waals surface area contributed by atoms with Crippen LogP contribution < -0.4 is 0 Å². The summed E-state index contributed by atoms with van der Waals surface area (Å²) in [4.78, 5) is 11.3. The molecule has 0 unspecified atom stereocenters. The highest BCUT2D eigenvalue weighted by Gasteiger charge is 2.14. The third kappa shape index (κ3) is 6.03. The van der Waals surface area contributed by atoms with E-state index in [2.05, 4.69) is 0 Å². The predicted molar refractivity (Wildman–Crippen MR) is 102 cm³/mol. The standard InChI is InChI=1S/C10H14O2S.C8H6Cl2O2/c1-3-8-13(11,12)10-7-5-4-6-9(10)2;1-4(11)5-2-6(9)8(12)7(10)3-5/h4-7H,3,8H2,1-2H3;2-3,12H,1H3. The molecule has 0 aromatic heterocycles. The van der Waals surface area contributed by atoms with Crippen LogP contribution in [0.4, 0.5) is 0 Å². The Balaban J connectivity index is 0.000000251. The summed E-state index contributed by atoms with van der Waals surface area (Å²) in [6, 6.07) is 9.86. The molecule has 4 nitrogen and oxygen atoms in total. The molecule has 0 saturated heterocycles. The third-order valence-electron chi connectivity index (χ3n) is 3.32. The van der Waals surface area contributed by atoms with Crippen molar-refractivity contribution in [2.24, 2.45) is 0 Å². The molecule has 0 amide bonds. The van der Waals surface area contributed by atoms with Crippen LogP contribution in [0.3, 0.4) is 0 Å². The number of phenolic OH excluding ortho intramolecular Hbond substituents is 1. The van der Waals surface area contributed by atoms with Gasteiger partial charge in [-0.2, -0.15) is 0 Å². The van der Waals surface area contributed by atoms with Crippen molar-refractivity contribution >= 4 is 38.8 Å². The van der Waals surface area contributed by atoms with Crippen molar-refractivity contribution < 1.29 is 18.3 Å². The van der Waals surface area contributed by atoms with Gasteiger partial charge in [0.15, 0.2) is 21.4 Å². The summed E-state index contributed by atoms with van der Waals surface area (Å²) in [5.74, 6) is -0.0974. The molecule has 2 aromatic carbocycles. The van der Waals surface area contributed by atoms with E-state index in [4.69, 9.17) is 28.3 Å². The molecule has 0 bridgehead atoms. The average Bonchev–Trinajstić information content (AvgIpc) is 2.52. The molecular weight excluding hydrogens is 383 g/mol. The first-order valence-electron chi connectivity index (χ1n) is 7.57. The van der Waals surface area contributed by atoms with E-state index in [-0.39, 0.29) is 27.3 Å². The number of phenols is 1. The van der Waals surface area contributed by atoms with Crippen LogP contribution in [0.25, 0.3) is 0 Å². The number of aromatic hydroxyl groups is 1. The van der Waals surface area contributed by atoms with Gasteiger partial charge in [-0.05, 0) is 44.0 Å². The second kappa shape index (κ2) is 9.22. The number of ketones is 1. The first-order valence-corrected chi connectivity index (χ1v) is 9.98. The van der Waals surface area contributed by atoms with E-state index in [0.717, 1.165) is 5.56 Å². The summed E-state index contributed by atoms with van der Waals surface area (Å²) >= 11 is 11.2. The van der Waals surface area contributed by atoms with E-state index in [0.29, 0.717) is 16.9 Å². The van der Waals surface area contributed by atoms with Crippen LogP contribution in [0, 0.1) is 6.92 Å². The highest BCUT2D eigenvalue weighted by atomic mass is 35.5. The van der Waals surface area contributed by atoms with Crippen LogP contribution in [0.1, 0.15) is 36.2 Å². The summed E-state index contributed by atoms with van der Waals surface area (Å²) in [6.07, 6.45) is 0.663. The van der Waals surface area contributed by atoms with Gasteiger partial charge in [0.1, 0.15) is 0 Å². The summed E-state index contributed by atoms with van der Waals surface area (Å²) in [7, 11) is -3.04. The topological polar surface area (TPSA) is 71.4 Å². The number of rotatable bonds is 4. The predicted octanol–water partition coefficient (Wildman–Crippen LogP) is 5.08. The Labute approximate surface area is 158 Å². The van der Waals surface area contributed by atoms with E-state index < -0.39 is 9.84 Å². The van der Waals surface area contributed by atoms with Gasteiger partial charge in [0, 0.05) is 5.56 Å². The van der Waals surface area contributed by atoms with E-state index in [9.17, 15) is 13.2 Å². The molecule has 2 aromatic rings. The van der Waals surface area contributed by atoms with Crippen LogP contribution in [0.15, 0.2) is 41.3 Å². The Morgan fingerprint density at radius 3 is 2.08 bits per heavy atom. The lowest BCUT2D eigenvalue weighted by molar-refractivity contribution is 0.101. The van der Waals surface area contributed by atoms with Crippen molar-refractivity contribution in [3.8, 4) is 5.75 Å². The lowest BCUT2D eigenvalue weighted by atomic mass is 10.1. The van der Waals surface area contributed by atoms with Crippen molar-refractivity contribution in [3.05, 3.63) is 57.6 Å². The van der Waals surface area contributed by atoms with Gasteiger partial charge in [0.2, 0.25) is 0 Å². The minimum atomic E-state index is -3.04. The summed E-state index contributed by atoms with van der Waals surface area (Å²) < 4.78 is 23.3. The smallest absolute Gasteiger partial charge is 0.178 e. The summed E-state index contributed by atoms with van der Waals surface area (Å²) in [6.45, 7) is 5.09. The molecule has 1 N–H and O–H groups in total. The average molecular weight is 403 g/mol. The Bertz CT molecular complexity index is 838. The Kier molecular flexibility index (Phi) is 7.93. The summed E-state index contributed by atoms with van der Waals surface area (Å²) in [5, 5.41) is 9.32. The fourth-order valence-electron chi connectivity index (χ4n) is 2.05. The zero-order chi connectivity index (χ0) is 19.2. The van der Waals surface area contributed by atoms with Gasteiger partial charge < -0.3 is 5.11 Å². The van der Waals surface area contributed by atoms with Gasteiger partial charge in [-0.25, -0.2) is 8.42 Å². The lowest BCUT2D eigenvalue weighted by Gasteiger charge is -2.05. The number of carbonyl (C=O) groups is 1. The molecule has 136 valence electrons. The van der Waals surface area contributed by atoms with E-state index in [1.165, 1.54) is 19.1 Å². The van der Waals surface area contributed by atoms with Crippen LogP contribution in [0.5, 0.6) is 5.75 Å². The van der Waals surface area contributed by atoms with Crippen molar-refractivity contribution in [2.45, 2.75) is 32.1 Å². The molecule has 0 aliphatic carbocycles. The van der Waals surface area contributed by atoms with Gasteiger partial charge in [-0.3, -0.25) is 4.79 Å². The third-order valence-corrected chi connectivity index (χ3v) is 5.98. The Morgan fingerprint density at radius 2 is 1.64 bits per heavy atom. The monoisotopic (exact) mass is 402 g/mol. The fraction of sp³-hybridized carbons (Fsp3) is 0.278. The molecule has 25 heavy (non-hydrogen) atoms. The van der Waals surface area contributed by atoms with Crippen LogP contribution in [-0.4, -0.2) is 25.1 Å². The number of halogens is 2. The number of hydrogen-bond acceptors (Lipinski definition) is 4. The molecule has 0 saturated carbocycles. The molecule has 0 atom stereocenters. The second-order valence-electron chi connectivity index (χ2n) is 5.43. The summed E-state index contributed by atoms with van der Waals surface area (Å²) in [5.41, 5.74) is 1.22. The van der Waals surface area contributed by atoms with E-state index in [1.54, 1.807) is 12.1 Å². The largest absolute Gasteiger partial charge is 0.505 e. The fourth-order valence-corrected chi connectivity index (χ4v) is 4.14. The molecular formula is C18H20Cl2O4S. The molecule has 0 radical (unpaired) electrons. The molecule has 0 heterocycles. The number of benzene rings is 2. The quantitative estimate of drug-likeness (QED) is 0.723. The number of aryl methyl sites for hydroxylation is 1. The lowest BCUT2D eigenvalue weighted by Crippen LogP contribution is -2.07. The maximum Gasteiger partial charge on any atom is 0.178 e. The maximum atomic E-state index is 11.7. The number of Topliss-reactive ketones (excluding diaryl/α,β-unsaturated/α-hetero) is 1. The zero-order valence-corrected chi connectivity index (χ0v) is 16.5. The first kappa shape index (κ1) is 21.5. The van der Waals surface area contributed by atoms with Gasteiger partial charge in [0.25, 0.3) is 0 Å². The van der Waals surface area contributed by atoms with Crippen molar-refractivity contribution in [2.75, 3.05) is 5.75 Å². The van der Waals surface area contributed by atoms with Crippen molar-refractivity contribution in [1.82, 2.24) is 0 Å². The van der Waals surface area contributed by atoms with Crippen LogP contribution in [0.2, 0.25) is 10.0 Å². The SMILES string of the molecule is CC(=O)c1cc(Cl)c(O)c(Cl)c1.CCCS(=O)(=O)c1ccccc1C.